The van der Waals surface area contributed by atoms with E-state index in [2.05, 4.69) is 0 Å². The second-order valence-corrected chi connectivity index (χ2v) is 7.76. The van der Waals surface area contributed by atoms with Gasteiger partial charge in [-0.2, -0.15) is 0 Å². The molecule has 0 aromatic heterocycles. The Bertz CT molecular complexity index is 629. The van der Waals surface area contributed by atoms with Crippen molar-refractivity contribution in [2.24, 2.45) is 5.92 Å². The molecule has 1 saturated carbocycles. The highest BCUT2D eigenvalue weighted by molar-refractivity contribution is 8.13. The summed E-state index contributed by atoms with van der Waals surface area (Å²) in [7, 11) is 1.50. The van der Waals surface area contributed by atoms with Crippen LogP contribution in [-0.2, 0) is 9.05 Å². The molecule has 1 aliphatic heterocycles. The molecule has 1 saturated heterocycles. The van der Waals surface area contributed by atoms with Crippen LogP contribution in [0.15, 0.2) is 29.2 Å². The van der Waals surface area contributed by atoms with Crippen molar-refractivity contribution >= 4 is 25.6 Å². The van der Waals surface area contributed by atoms with Crippen LogP contribution in [0.5, 0.6) is 0 Å². The van der Waals surface area contributed by atoms with E-state index in [0.717, 1.165) is 19.4 Å². The van der Waals surface area contributed by atoms with Crippen molar-refractivity contribution in [3.05, 3.63) is 29.8 Å². The first-order valence-electron chi connectivity index (χ1n) is 6.31. The zero-order valence-electron chi connectivity index (χ0n) is 10.3. The molecule has 6 heteroatoms. The minimum atomic E-state index is -3.90. The second-order valence-electron chi connectivity index (χ2n) is 5.22. The maximum atomic E-state index is 12.5. The molecule has 0 spiro atoms. The Kier molecular flexibility index (Phi) is 3.06. The van der Waals surface area contributed by atoms with Crippen LogP contribution >= 0.6 is 10.7 Å². The largest absolute Gasteiger partial charge is 0.335 e. The summed E-state index contributed by atoms with van der Waals surface area (Å²) in [6.45, 7) is 0.736. The average Bonchev–Trinajstić information content (AvgIpc) is 2.99. The maximum Gasteiger partial charge on any atom is 0.262 e. The first kappa shape index (κ1) is 12.9. The molecule has 1 aromatic rings. The van der Waals surface area contributed by atoms with Gasteiger partial charge in [-0.1, -0.05) is 12.1 Å². The quantitative estimate of drug-likeness (QED) is 0.787. The fourth-order valence-electron chi connectivity index (χ4n) is 3.18. The van der Waals surface area contributed by atoms with E-state index in [9.17, 15) is 13.2 Å². The molecular weight excluding hydrogens is 286 g/mol. The lowest BCUT2D eigenvalue weighted by Crippen LogP contribution is -2.38. The Morgan fingerprint density at radius 2 is 2.00 bits per heavy atom. The Morgan fingerprint density at radius 3 is 2.58 bits per heavy atom. The molecule has 3 rings (SSSR count). The van der Waals surface area contributed by atoms with Crippen molar-refractivity contribution in [2.75, 3.05) is 6.54 Å². The molecule has 2 unspecified atom stereocenters. The van der Waals surface area contributed by atoms with E-state index in [1.54, 1.807) is 17.0 Å². The number of hydrogen-bond donors (Lipinski definition) is 0. The molecule has 1 aliphatic carbocycles. The molecule has 0 radical (unpaired) electrons. The smallest absolute Gasteiger partial charge is 0.262 e. The van der Waals surface area contributed by atoms with Gasteiger partial charge in [-0.3, -0.25) is 4.79 Å². The summed E-state index contributed by atoms with van der Waals surface area (Å²) in [5.74, 6) is 0.362. The van der Waals surface area contributed by atoms with Crippen LogP contribution < -0.4 is 0 Å². The van der Waals surface area contributed by atoms with Crippen molar-refractivity contribution in [1.82, 2.24) is 4.90 Å². The molecule has 1 aromatic carbocycles. The molecule has 2 aliphatic rings. The maximum absolute atomic E-state index is 12.5. The summed E-state index contributed by atoms with van der Waals surface area (Å²) in [5.41, 5.74) is 0.185. The fraction of sp³-hybridized carbons (Fsp3) is 0.462. The van der Waals surface area contributed by atoms with Gasteiger partial charge in [0.1, 0.15) is 0 Å². The van der Waals surface area contributed by atoms with Crippen molar-refractivity contribution in [2.45, 2.75) is 30.2 Å². The zero-order chi connectivity index (χ0) is 13.6. The number of amides is 1. The number of likely N-dealkylation sites (tertiary alicyclic amines) is 1. The van der Waals surface area contributed by atoms with Gasteiger partial charge in [0.15, 0.2) is 0 Å². The average molecular weight is 300 g/mol. The molecular formula is C13H14ClNO3S. The summed E-state index contributed by atoms with van der Waals surface area (Å²) in [6, 6.07) is 6.41. The van der Waals surface area contributed by atoms with Crippen molar-refractivity contribution in [3.8, 4) is 0 Å². The molecule has 4 nitrogen and oxygen atoms in total. The topological polar surface area (TPSA) is 54.5 Å². The molecule has 19 heavy (non-hydrogen) atoms. The third-order valence-corrected chi connectivity index (χ3v) is 5.43. The van der Waals surface area contributed by atoms with Crippen LogP contribution in [0, 0.1) is 5.92 Å². The monoisotopic (exact) mass is 299 g/mol. The summed E-state index contributed by atoms with van der Waals surface area (Å²) in [5, 5.41) is 0. The molecule has 2 bridgehead atoms. The second kappa shape index (κ2) is 4.49. The van der Waals surface area contributed by atoms with Crippen LogP contribution in [0.25, 0.3) is 0 Å². The number of benzene rings is 1. The highest BCUT2D eigenvalue weighted by atomic mass is 35.7. The predicted octanol–water partition coefficient (Wildman–Crippen LogP) is 2.24. The number of halogens is 1. The minimum absolute atomic E-state index is 0.0931. The molecule has 1 heterocycles. The van der Waals surface area contributed by atoms with Gasteiger partial charge in [0.25, 0.3) is 15.0 Å². The van der Waals surface area contributed by atoms with E-state index in [4.69, 9.17) is 10.7 Å². The fourth-order valence-corrected chi connectivity index (χ4v) is 4.25. The lowest BCUT2D eigenvalue weighted by Gasteiger charge is -2.27. The third-order valence-electron chi connectivity index (χ3n) is 4.05. The van der Waals surface area contributed by atoms with Gasteiger partial charge < -0.3 is 4.90 Å². The van der Waals surface area contributed by atoms with Gasteiger partial charge >= 0.3 is 0 Å². The van der Waals surface area contributed by atoms with E-state index in [1.807, 2.05) is 0 Å². The summed E-state index contributed by atoms with van der Waals surface area (Å²) in [4.78, 5) is 14.2. The van der Waals surface area contributed by atoms with Gasteiger partial charge in [0, 0.05) is 23.3 Å². The summed E-state index contributed by atoms with van der Waals surface area (Å²) >= 11 is 0. The van der Waals surface area contributed by atoms with Crippen LogP contribution in [0.4, 0.5) is 0 Å². The number of carbonyl (C=O) groups excluding carboxylic acids is 1. The van der Waals surface area contributed by atoms with Gasteiger partial charge in [-0.25, -0.2) is 8.42 Å². The van der Waals surface area contributed by atoms with Crippen molar-refractivity contribution < 1.29 is 13.2 Å². The van der Waals surface area contributed by atoms with Crippen molar-refractivity contribution in [3.63, 3.8) is 0 Å². The van der Waals surface area contributed by atoms with Crippen LogP contribution in [0.1, 0.15) is 29.6 Å². The first-order valence-corrected chi connectivity index (χ1v) is 8.62. The highest BCUT2D eigenvalue weighted by Crippen LogP contribution is 2.38. The Labute approximate surface area is 116 Å². The molecule has 2 atom stereocenters. The number of hydrogen-bond acceptors (Lipinski definition) is 3. The molecule has 102 valence electrons. The Balaban J connectivity index is 1.97. The third kappa shape index (κ3) is 2.25. The number of fused-ring (bicyclic) bond motifs is 2. The van der Waals surface area contributed by atoms with E-state index >= 15 is 0 Å². The first-order chi connectivity index (χ1) is 8.97. The molecule has 2 fully saturated rings. The predicted molar refractivity (Wildman–Crippen MR) is 71.6 cm³/mol. The summed E-state index contributed by atoms with van der Waals surface area (Å²) in [6.07, 6.45) is 3.23. The van der Waals surface area contributed by atoms with Gasteiger partial charge in [0.05, 0.1) is 10.5 Å². The van der Waals surface area contributed by atoms with Gasteiger partial charge in [0.2, 0.25) is 0 Å². The van der Waals surface area contributed by atoms with Gasteiger partial charge in [-0.15, -0.1) is 0 Å². The summed E-state index contributed by atoms with van der Waals surface area (Å²) < 4.78 is 23.1. The van der Waals surface area contributed by atoms with E-state index in [-0.39, 0.29) is 22.4 Å². The van der Waals surface area contributed by atoms with E-state index < -0.39 is 9.05 Å². The van der Waals surface area contributed by atoms with E-state index in [0.29, 0.717) is 5.92 Å². The van der Waals surface area contributed by atoms with Crippen LogP contribution in [0.3, 0.4) is 0 Å². The molecule has 1 amide bonds. The molecule has 0 N–H and O–H groups in total. The standard InChI is InChI=1S/C13H14ClNO3S/c14-19(17,18)12-4-2-1-3-11(12)13(16)15-8-9-5-6-10(15)7-9/h1-4,9-10H,5-8H2. The van der Waals surface area contributed by atoms with Gasteiger partial charge in [-0.05, 0) is 37.3 Å². The number of piperidine rings is 1. The number of nitrogens with zero attached hydrogens (tertiary/aromatic N) is 1. The highest BCUT2D eigenvalue weighted by Gasteiger charge is 2.41. The van der Waals surface area contributed by atoms with E-state index in [1.165, 1.54) is 18.6 Å². The lowest BCUT2D eigenvalue weighted by atomic mass is 10.1. The minimum Gasteiger partial charge on any atom is -0.335 e. The Morgan fingerprint density at radius 1 is 1.26 bits per heavy atom. The zero-order valence-corrected chi connectivity index (χ0v) is 11.8. The van der Waals surface area contributed by atoms with Crippen molar-refractivity contribution in [1.29, 1.82) is 0 Å². The van der Waals surface area contributed by atoms with Crippen LogP contribution in [0.2, 0.25) is 0 Å². The normalized spacial score (nSPS) is 25.8. The number of carbonyl (C=O) groups is 1. The number of rotatable bonds is 2. The lowest BCUT2D eigenvalue weighted by molar-refractivity contribution is 0.0699. The van der Waals surface area contributed by atoms with Crippen LogP contribution in [-0.4, -0.2) is 31.8 Å². The Hall–Kier alpha value is -1.07. The SMILES string of the molecule is O=C(c1ccccc1S(=O)(=O)Cl)N1CC2CCC1C2.